The van der Waals surface area contributed by atoms with Crippen LogP contribution in [0.4, 0.5) is 0 Å². The molecule has 2 rings (SSSR count). The summed E-state index contributed by atoms with van der Waals surface area (Å²) in [7, 11) is 0. The SMILES string of the molecule is CC1CCCN(CC2CC(C(C)(C)C)CCC2N)CC1. The van der Waals surface area contributed by atoms with Gasteiger partial charge in [0.1, 0.15) is 0 Å². The van der Waals surface area contributed by atoms with Crippen molar-refractivity contribution in [3.05, 3.63) is 0 Å². The summed E-state index contributed by atoms with van der Waals surface area (Å²) in [5.74, 6) is 2.50. The molecule has 2 heteroatoms. The molecule has 2 aliphatic rings. The minimum absolute atomic E-state index is 0.439. The van der Waals surface area contributed by atoms with Crippen LogP contribution in [0.25, 0.3) is 0 Å². The van der Waals surface area contributed by atoms with Crippen molar-refractivity contribution >= 4 is 0 Å². The summed E-state index contributed by atoms with van der Waals surface area (Å²) in [6, 6.07) is 0.439. The van der Waals surface area contributed by atoms with Crippen LogP contribution in [0.1, 0.15) is 66.2 Å². The summed E-state index contributed by atoms with van der Waals surface area (Å²) in [6.07, 6.45) is 8.08. The van der Waals surface area contributed by atoms with Crippen molar-refractivity contribution in [2.24, 2.45) is 28.9 Å². The van der Waals surface area contributed by atoms with Crippen LogP contribution < -0.4 is 5.73 Å². The van der Waals surface area contributed by atoms with Crippen LogP contribution in [-0.2, 0) is 0 Å². The van der Waals surface area contributed by atoms with Crippen molar-refractivity contribution in [2.75, 3.05) is 19.6 Å². The molecule has 4 atom stereocenters. The predicted octanol–water partition coefficient (Wildman–Crippen LogP) is 3.90. The van der Waals surface area contributed by atoms with Crippen LogP contribution in [-0.4, -0.2) is 30.6 Å². The Morgan fingerprint density at radius 2 is 1.80 bits per heavy atom. The van der Waals surface area contributed by atoms with E-state index < -0.39 is 0 Å². The van der Waals surface area contributed by atoms with E-state index in [1.807, 2.05) is 0 Å². The van der Waals surface area contributed by atoms with Gasteiger partial charge < -0.3 is 10.6 Å². The van der Waals surface area contributed by atoms with E-state index in [2.05, 4.69) is 32.6 Å². The standard InChI is InChI=1S/C18H36N2/c1-14-6-5-10-20(11-9-14)13-15-12-16(18(2,3)4)7-8-17(15)19/h14-17H,5-13,19H2,1-4H3. The Bertz CT molecular complexity index is 294. The summed E-state index contributed by atoms with van der Waals surface area (Å²) in [6.45, 7) is 13.5. The Morgan fingerprint density at radius 1 is 1.05 bits per heavy atom. The molecule has 1 aliphatic carbocycles. The zero-order valence-corrected chi connectivity index (χ0v) is 14.2. The minimum Gasteiger partial charge on any atom is -0.327 e. The molecule has 0 aromatic heterocycles. The van der Waals surface area contributed by atoms with Crippen LogP contribution in [0, 0.1) is 23.2 Å². The topological polar surface area (TPSA) is 29.3 Å². The van der Waals surface area contributed by atoms with Gasteiger partial charge in [-0.25, -0.2) is 0 Å². The number of hydrogen-bond donors (Lipinski definition) is 1. The second kappa shape index (κ2) is 6.79. The minimum atomic E-state index is 0.439. The van der Waals surface area contributed by atoms with Gasteiger partial charge in [-0.05, 0) is 74.8 Å². The lowest BCUT2D eigenvalue weighted by molar-refractivity contribution is 0.0997. The molecular weight excluding hydrogens is 244 g/mol. The first kappa shape index (κ1) is 16.3. The maximum Gasteiger partial charge on any atom is 0.00795 e. The third kappa shape index (κ3) is 4.46. The molecule has 1 saturated carbocycles. The first-order valence-electron chi connectivity index (χ1n) is 8.84. The van der Waals surface area contributed by atoms with E-state index in [1.165, 1.54) is 58.2 Å². The smallest absolute Gasteiger partial charge is 0.00795 e. The zero-order chi connectivity index (χ0) is 14.8. The molecule has 0 amide bonds. The molecule has 0 aromatic rings. The van der Waals surface area contributed by atoms with Crippen molar-refractivity contribution < 1.29 is 0 Å². The van der Waals surface area contributed by atoms with Gasteiger partial charge >= 0.3 is 0 Å². The van der Waals surface area contributed by atoms with Gasteiger partial charge in [0, 0.05) is 12.6 Å². The summed E-state index contributed by atoms with van der Waals surface area (Å²) in [5.41, 5.74) is 6.89. The number of nitrogens with zero attached hydrogens (tertiary/aromatic N) is 1. The molecular formula is C18H36N2. The van der Waals surface area contributed by atoms with E-state index in [4.69, 9.17) is 5.73 Å². The van der Waals surface area contributed by atoms with E-state index in [-0.39, 0.29) is 0 Å². The fourth-order valence-corrected chi connectivity index (χ4v) is 4.12. The zero-order valence-electron chi connectivity index (χ0n) is 14.2. The molecule has 1 aliphatic heterocycles. The van der Waals surface area contributed by atoms with E-state index in [1.54, 1.807) is 0 Å². The molecule has 4 unspecified atom stereocenters. The quantitative estimate of drug-likeness (QED) is 0.831. The van der Waals surface area contributed by atoms with Gasteiger partial charge in [0.05, 0.1) is 0 Å². The lowest BCUT2D eigenvalue weighted by Crippen LogP contribution is -2.45. The molecule has 1 heterocycles. The summed E-state index contributed by atoms with van der Waals surface area (Å²) >= 11 is 0. The van der Waals surface area contributed by atoms with E-state index in [9.17, 15) is 0 Å². The molecule has 1 saturated heterocycles. The van der Waals surface area contributed by atoms with Crippen LogP contribution in [0.3, 0.4) is 0 Å². The summed E-state index contributed by atoms with van der Waals surface area (Å²) in [4.78, 5) is 2.71. The van der Waals surface area contributed by atoms with E-state index in [0.29, 0.717) is 11.5 Å². The van der Waals surface area contributed by atoms with Gasteiger partial charge in [-0.2, -0.15) is 0 Å². The van der Waals surface area contributed by atoms with Crippen molar-refractivity contribution in [3.63, 3.8) is 0 Å². The van der Waals surface area contributed by atoms with Gasteiger partial charge in [0.25, 0.3) is 0 Å². The van der Waals surface area contributed by atoms with Crippen molar-refractivity contribution in [3.8, 4) is 0 Å². The monoisotopic (exact) mass is 280 g/mol. The van der Waals surface area contributed by atoms with Crippen molar-refractivity contribution in [1.82, 2.24) is 4.90 Å². The highest BCUT2D eigenvalue weighted by Crippen LogP contribution is 2.40. The van der Waals surface area contributed by atoms with Crippen LogP contribution in [0.5, 0.6) is 0 Å². The third-order valence-corrected chi connectivity index (χ3v) is 5.87. The van der Waals surface area contributed by atoms with Gasteiger partial charge in [0.2, 0.25) is 0 Å². The Hall–Kier alpha value is -0.0800. The summed E-state index contributed by atoms with van der Waals surface area (Å²) < 4.78 is 0. The molecule has 118 valence electrons. The van der Waals surface area contributed by atoms with Gasteiger partial charge in [-0.15, -0.1) is 0 Å². The Labute approximate surface area is 126 Å². The average molecular weight is 281 g/mol. The number of rotatable bonds is 2. The molecule has 2 fully saturated rings. The maximum atomic E-state index is 6.44. The lowest BCUT2D eigenvalue weighted by atomic mass is 9.67. The second-order valence-electron chi connectivity index (χ2n) is 8.64. The Balaban J connectivity index is 1.89. The molecule has 0 radical (unpaired) electrons. The fourth-order valence-electron chi connectivity index (χ4n) is 4.12. The van der Waals surface area contributed by atoms with E-state index >= 15 is 0 Å². The fraction of sp³-hybridized carbons (Fsp3) is 1.00. The highest BCUT2D eigenvalue weighted by Gasteiger charge is 2.35. The molecule has 2 N–H and O–H groups in total. The first-order chi connectivity index (χ1) is 9.36. The van der Waals surface area contributed by atoms with Crippen LogP contribution >= 0.6 is 0 Å². The predicted molar refractivity (Wildman–Crippen MR) is 87.7 cm³/mol. The molecule has 0 bridgehead atoms. The molecule has 0 aromatic carbocycles. The van der Waals surface area contributed by atoms with Crippen molar-refractivity contribution in [2.45, 2.75) is 72.3 Å². The number of likely N-dealkylation sites (tertiary alicyclic amines) is 1. The summed E-state index contributed by atoms with van der Waals surface area (Å²) in [5, 5.41) is 0. The number of hydrogen-bond acceptors (Lipinski definition) is 2. The third-order valence-electron chi connectivity index (χ3n) is 5.87. The second-order valence-corrected chi connectivity index (χ2v) is 8.64. The Morgan fingerprint density at radius 3 is 2.50 bits per heavy atom. The van der Waals surface area contributed by atoms with Crippen LogP contribution in [0.15, 0.2) is 0 Å². The maximum absolute atomic E-state index is 6.44. The highest BCUT2D eigenvalue weighted by atomic mass is 15.1. The highest BCUT2D eigenvalue weighted by molar-refractivity contribution is 4.89. The number of nitrogens with two attached hydrogens (primary N) is 1. The lowest BCUT2D eigenvalue weighted by Gasteiger charge is -2.42. The molecule has 0 spiro atoms. The molecule has 2 nitrogen and oxygen atoms in total. The largest absolute Gasteiger partial charge is 0.327 e. The Kier molecular flexibility index (Phi) is 5.53. The normalized spacial score (nSPS) is 37.6. The average Bonchev–Trinajstić information content (AvgIpc) is 2.56. The first-order valence-corrected chi connectivity index (χ1v) is 8.84. The van der Waals surface area contributed by atoms with Gasteiger partial charge in [-0.3, -0.25) is 0 Å². The van der Waals surface area contributed by atoms with Crippen LogP contribution in [0.2, 0.25) is 0 Å². The van der Waals surface area contributed by atoms with E-state index in [0.717, 1.165) is 17.8 Å². The van der Waals surface area contributed by atoms with Crippen molar-refractivity contribution in [1.29, 1.82) is 0 Å². The van der Waals surface area contributed by atoms with Gasteiger partial charge in [-0.1, -0.05) is 27.7 Å². The molecule has 20 heavy (non-hydrogen) atoms. The van der Waals surface area contributed by atoms with Gasteiger partial charge in [0.15, 0.2) is 0 Å².